The molecule has 0 aliphatic carbocycles. The number of carbonyl (C=O) groups is 2. The highest BCUT2D eigenvalue weighted by molar-refractivity contribution is 5.83. The van der Waals surface area contributed by atoms with Gasteiger partial charge in [-0.3, -0.25) is 9.59 Å². The van der Waals surface area contributed by atoms with Gasteiger partial charge < -0.3 is 19.9 Å². The molecule has 0 spiro atoms. The number of nitrogens with one attached hydrogen (secondary N) is 1. The molecular formula is C15H19NO5. The van der Waals surface area contributed by atoms with Gasteiger partial charge in [0.25, 0.3) is 5.91 Å². The topological polar surface area (TPSA) is 84.9 Å². The molecule has 1 aliphatic heterocycles. The standard InChI is InChI=1S/C15H19NO5/c1-3-15(2,8-13(17)18)16-14(19)12-9-20-10-6-4-5-7-11(10)21-12/h4-7,12H,3,8-9H2,1-2H3,(H,16,19)(H,17,18)/t12-,15-/m0/s1. The van der Waals surface area contributed by atoms with E-state index >= 15 is 0 Å². The number of hydrogen-bond acceptors (Lipinski definition) is 4. The van der Waals surface area contributed by atoms with E-state index in [1.165, 1.54) is 0 Å². The molecule has 1 aliphatic rings. The summed E-state index contributed by atoms with van der Waals surface area (Å²) in [5.74, 6) is -0.202. The number of carboxylic acid groups (broad SMARTS) is 1. The highest BCUT2D eigenvalue weighted by Crippen LogP contribution is 2.31. The van der Waals surface area contributed by atoms with Crippen LogP contribution >= 0.6 is 0 Å². The number of carboxylic acids is 1. The third kappa shape index (κ3) is 3.65. The molecule has 2 rings (SSSR count). The summed E-state index contributed by atoms with van der Waals surface area (Å²) < 4.78 is 11.1. The number of hydrogen-bond donors (Lipinski definition) is 2. The Bertz CT molecular complexity index is 545. The van der Waals surface area contributed by atoms with E-state index in [4.69, 9.17) is 14.6 Å². The van der Waals surface area contributed by atoms with Crippen LogP contribution < -0.4 is 14.8 Å². The fourth-order valence-electron chi connectivity index (χ4n) is 2.12. The Morgan fingerprint density at radius 1 is 1.38 bits per heavy atom. The van der Waals surface area contributed by atoms with E-state index in [9.17, 15) is 9.59 Å². The third-order valence-corrected chi connectivity index (χ3v) is 3.55. The van der Waals surface area contributed by atoms with E-state index < -0.39 is 17.6 Å². The molecule has 0 bridgehead atoms. The second-order valence-electron chi connectivity index (χ2n) is 5.34. The Hall–Kier alpha value is -2.24. The van der Waals surface area contributed by atoms with Crippen molar-refractivity contribution in [3.05, 3.63) is 24.3 Å². The molecule has 0 saturated heterocycles. The number of ether oxygens (including phenoxy) is 2. The Morgan fingerprint density at radius 2 is 2.05 bits per heavy atom. The van der Waals surface area contributed by atoms with Crippen LogP contribution in [0.2, 0.25) is 0 Å². The lowest BCUT2D eigenvalue weighted by molar-refractivity contribution is -0.139. The Morgan fingerprint density at radius 3 is 2.67 bits per heavy atom. The lowest BCUT2D eigenvalue weighted by atomic mass is 9.94. The average molecular weight is 293 g/mol. The third-order valence-electron chi connectivity index (χ3n) is 3.55. The number of benzene rings is 1. The molecule has 0 unspecified atom stereocenters. The first kappa shape index (κ1) is 15.2. The monoisotopic (exact) mass is 293 g/mol. The molecule has 2 N–H and O–H groups in total. The fourth-order valence-corrected chi connectivity index (χ4v) is 2.12. The van der Waals surface area contributed by atoms with Gasteiger partial charge in [0, 0.05) is 5.54 Å². The predicted molar refractivity (Wildman–Crippen MR) is 75.4 cm³/mol. The molecular weight excluding hydrogens is 274 g/mol. The van der Waals surface area contributed by atoms with Gasteiger partial charge in [0.2, 0.25) is 6.10 Å². The van der Waals surface area contributed by atoms with Gasteiger partial charge in [0.05, 0.1) is 6.42 Å². The Labute approximate surface area is 123 Å². The van der Waals surface area contributed by atoms with E-state index in [2.05, 4.69) is 5.32 Å². The highest BCUT2D eigenvalue weighted by Gasteiger charge is 2.33. The molecule has 6 heteroatoms. The molecule has 21 heavy (non-hydrogen) atoms. The number of aliphatic carboxylic acids is 1. The minimum absolute atomic E-state index is 0.107. The maximum absolute atomic E-state index is 12.3. The summed E-state index contributed by atoms with van der Waals surface area (Å²) >= 11 is 0. The first-order chi connectivity index (χ1) is 9.93. The van der Waals surface area contributed by atoms with Crippen molar-refractivity contribution in [2.24, 2.45) is 0 Å². The zero-order valence-corrected chi connectivity index (χ0v) is 12.1. The SMILES string of the molecule is CC[C@@](C)(CC(=O)O)NC(=O)[C@@H]1COc2ccccc2O1. The summed E-state index contributed by atoms with van der Waals surface area (Å²) in [6, 6.07) is 7.11. The number of amides is 1. The van der Waals surface area contributed by atoms with Crippen LogP contribution in [0.4, 0.5) is 0 Å². The van der Waals surface area contributed by atoms with Crippen molar-refractivity contribution in [2.75, 3.05) is 6.61 Å². The second kappa shape index (κ2) is 6.03. The summed E-state index contributed by atoms with van der Waals surface area (Å²) in [5.41, 5.74) is -0.802. The smallest absolute Gasteiger partial charge is 0.305 e. The maximum Gasteiger partial charge on any atom is 0.305 e. The lowest BCUT2D eigenvalue weighted by Crippen LogP contribution is -2.53. The van der Waals surface area contributed by atoms with E-state index in [0.29, 0.717) is 17.9 Å². The van der Waals surface area contributed by atoms with Gasteiger partial charge in [-0.15, -0.1) is 0 Å². The molecule has 2 atom stereocenters. The van der Waals surface area contributed by atoms with Crippen molar-refractivity contribution in [2.45, 2.75) is 38.3 Å². The number of rotatable bonds is 5. The van der Waals surface area contributed by atoms with Crippen molar-refractivity contribution in [1.82, 2.24) is 5.32 Å². The zero-order chi connectivity index (χ0) is 15.5. The summed E-state index contributed by atoms with van der Waals surface area (Å²) in [5, 5.41) is 11.7. The lowest BCUT2D eigenvalue weighted by Gasteiger charge is -2.32. The van der Waals surface area contributed by atoms with Crippen LogP contribution in [-0.2, 0) is 9.59 Å². The minimum atomic E-state index is -0.953. The molecule has 0 saturated carbocycles. The van der Waals surface area contributed by atoms with Crippen molar-refractivity contribution in [3.63, 3.8) is 0 Å². The minimum Gasteiger partial charge on any atom is -0.485 e. The number of carbonyl (C=O) groups excluding carboxylic acids is 1. The van der Waals surface area contributed by atoms with Gasteiger partial charge in [-0.05, 0) is 25.5 Å². The first-order valence-electron chi connectivity index (χ1n) is 6.86. The van der Waals surface area contributed by atoms with E-state index in [1.807, 2.05) is 13.0 Å². The van der Waals surface area contributed by atoms with Gasteiger partial charge in [-0.1, -0.05) is 19.1 Å². The molecule has 1 heterocycles. The van der Waals surface area contributed by atoms with Crippen molar-refractivity contribution in [1.29, 1.82) is 0 Å². The summed E-state index contributed by atoms with van der Waals surface area (Å²) in [6.45, 7) is 3.64. The van der Waals surface area contributed by atoms with Crippen LogP contribution in [-0.4, -0.2) is 35.2 Å². The molecule has 6 nitrogen and oxygen atoms in total. The van der Waals surface area contributed by atoms with Crippen molar-refractivity contribution in [3.8, 4) is 11.5 Å². The molecule has 114 valence electrons. The van der Waals surface area contributed by atoms with Crippen LogP contribution in [0.25, 0.3) is 0 Å². The van der Waals surface area contributed by atoms with Crippen molar-refractivity contribution >= 4 is 11.9 Å². The van der Waals surface area contributed by atoms with Gasteiger partial charge in [0.15, 0.2) is 11.5 Å². The van der Waals surface area contributed by atoms with Gasteiger partial charge in [-0.2, -0.15) is 0 Å². The van der Waals surface area contributed by atoms with Crippen LogP contribution in [0.1, 0.15) is 26.7 Å². The zero-order valence-electron chi connectivity index (χ0n) is 12.1. The molecule has 1 aromatic carbocycles. The summed E-state index contributed by atoms with van der Waals surface area (Å²) in [6.07, 6.45) is -0.409. The first-order valence-corrected chi connectivity index (χ1v) is 6.86. The van der Waals surface area contributed by atoms with Gasteiger partial charge >= 0.3 is 5.97 Å². The van der Waals surface area contributed by atoms with Gasteiger partial charge in [-0.25, -0.2) is 0 Å². The van der Waals surface area contributed by atoms with Crippen molar-refractivity contribution < 1.29 is 24.2 Å². The number of fused-ring (bicyclic) bond motifs is 1. The van der Waals surface area contributed by atoms with Crippen LogP contribution in [0.5, 0.6) is 11.5 Å². The predicted octanol–water partition coefficient (Wildman–Crippen LogP) is 1.59. The Balaban J connectivity index is 2.03. The highest BCUT2D eigenvalue weighted by atomic mass is 16.6. The van der Waals surface area contributed by atoms with E-state index in [1.54, 1.807) is 25.1 Å². The molecule has 0 fully saturated rings. The van der Waals surface area contributed by atoms with E-state index in [-0.39, 0.29) is 18.9 Å². The quantitative estimate of drug-likeness (QED) is 0.861. The van der Waals surface area contributed by atoms with Crippen LogP contribution in [0.3, 0.4) is 0 Å². The maximum atomic E-state index is 12.3. The largest absolute Gasteiger partial charge is 0.485 e. The average Bonchev–Trinajstić information content (AvgIpc) is 2.45. The molecule has 1 aromatic rings. The molecule has 1 amide bonds. The second-order valence-corrected chi connectivity index (χ2v) is 5.34. The number of para-hydroxylation sites is 2. The van der Waals surface area contributed by atoms with Crippen LogP contribution in [0.15, 0.2) is 24.3 Å². The summed E-state index contributed by atoms with van der Waals surface area (Å²) in [7, 11) is 0. The Kier molecular flexibility index (Phi) is 4.35. The van der Waals surface area contributed by atoms with E-state index in [0.717, 1.165) is 0 Å². The van der Waals surface area contributed by atoms with Gasteiger partial charge in [0.1, 0.15) is 6.61 Å². The van der Waals surface area contributed by atoms with Crippen LogP contribution in [0, 0.1) is 0 Å². The normalized spacial score (nSPS) is 19.4. The fraction of sp³-hybridized carbons (Fsp3) is 0.467. The molecule has 0 aromatic heterocycles. The summed E-state index contributed by atoms with van der Waals surface area (Å²) in [4.78, 5) is 23.1. The molecule has 0 radical (unpaired) electrons.